The van der Waals surface area contributed by atoms with E-state index in [1.54, 1.807) is 13.8 Å². The van der Waals surface area contributed by atoms with E-state index in [0.717, 1.165) is 16.4 Å². The minimum Gasteiger partial charge on any atom is -0.281 e. The average molecular weight is 434 g/mol. The Morgan fingerprint density at radius 1 is 0.929 bits per heavy atom. The maximum absolute atomic E-state index is 13.5. The first-order valence-corrected chi connectivity index (χ1v) is 11.4. The Balaban J connectivity index is 1.84. The van der Waals surface area contributed by atoms with Crippen molar-refractivity contribution in [1.82, 2.24) is 18.8 Å². The van der Waals surface area contributed by atoms with Gasteiger partial charge in [-0.05, 0) is 38.5 Å². The largest absolute Gasteiger partial charge is 0.281 e. The highest BCUT2D eigenvalue weighted by Gasteiger charge is 2.34. The summed E-state index contributed by atoms with van der Waals surface area (Å²) in [5.41, 5.74) is 0.751. The van der Waals surface area contributed by atoms with Gasteiger partial charge in [-0.1, -0.05) is 0 Å². The van der Waals surface area contributed by atoms with Gasteiger partial charge in [0.25, 0.3) is 0 Å². The van der Waals surface area contributed by atoms with Crippen LogP contribution in [0.3, 0.4) is 0 Å². The molecule has 0 aliphatic carbocycles. The number of H-pyrrole nitrogens is 1. The van der Waals surface area contributed by atoms with Crippen LogP contribution in [0.5, 0.6) is 0 Å². The van der Waals surface area contributed by atoms with Crippen molar-refractivity contribution in [3.05, 3.63) is 41.2 Å². The van der Waals surface area contributed by atoms with Crippen LogP contribution in [0.25, 0.3) is 0 Å². The summed E-state index contributed by atoms with van der Waals surface area (Å²) in [5, 5.41) is 6.54. The molecule has 0 atom stereocenters. The summed E-state index contributed by atoms with van der Waals surface area (Å²) in [6.07, 6.45) is 0.262. The van der Waals surface area contributed by atoms with Crippen LogP contribution >= 0.6 is 0 Å². The Bertz CT molecular complexity index is 1080. The lowest BCUT2D eigenvalue weighted by molar-refractivity contribution is 0.404. The lowest BCUT2D eigenvalue weighted by Crippen LogP contribution is -2.37. The number of sulfonamides is 2. The van der Waals surface area contributed by atoms with Crippen molar-refractivity contribution >= 4 is 20.0 Å². The lowest BCUT2D eigenvalue weighted by atomic mass is 10.3. The van der Waals surface area contributed by atoms with Gasteiger partial charge in [-0.3, -0.25) is 5.10 Å². The standard InChI is InChI=1S/C16H20F2N4O4S2/c1-11-16(12(2)20-19-11)28(25,26)22-7-3-6-21(8-9-22)27(23,24)13-4-5-14(17)15(18)10-13/h4-5,10H,3,6-9H2,1-2H3,(H,19,20). The van der Waals surface area contributed by atoms with Crippen LogP contribution in [0.2, 0.25) is 0 Å². The molecule has 154 valence electrons. The maximum atomic E-state index is 13.5. The van der Waals surface area contributed by atoms with Crippen molar-refractivity contribution in [2.45, 2.75) is 30.1 Å². The Labute approximate surface area is 162 Å². The molecule has 1 aliphatic rings. The summed E-state index contributed by atoms with van der Waals surface area (Å²) in [7, 11) is -7.92. The zero-order valence-electron chi connectivity index (χ0n) is 15.3. The van der Waals surface area contributed by atoms with Gasteiger partial charge in [-0.25, -0.2) is 25.6 Å². The van der Waals surface area contributed by atoms with Crippen LogP contribution in [0.4, 0.5) is 8.78 Å². The summed E-state index contributed by atoms with van der Waals surface area (Å²) in [4.78, 5) is -0.284. The van der Waals surface area contributed by atoms with E-state index in [1.165, 1.54) is 4.31 Å². The molecule has 1 aliphatic heterocycles. The van der Waals surface area contributed by atoms with Gasteiger partial charge in [0.05, 0.1) is 16.3 Å². The molecular weight excluding hydrogens is 414 g/mol. The number of hydrogen-bond acceptors (Lipinski definition) is 5. The van der Waals surface area contributed by atoms with Crippen molar-refractivity contribution in [3.8, 4) is 0 Å². The number of nitrogens with one attached hydrogen (secondary N) is 1. The molecule has 28 heavy (non-hydrogen) atoms. The van der Waals surface area contributed by atoms with Crippen molar-refractivity contribution in [2.75, 3.05) is 26.2 Å². The van der Waals surface area contributed by atoms with Gasteiger partial charge >= 0.3 is 0 Å². The van der Waals surface area contributed by atoms with E-state index in [-0.39, 0.29) is 42.4 Å². The molecule has 8 nitrogen and oxygen atoms in total. The summed E-state index contributed by atoms with van der Waals surface area (Å²) in [5.74, 6) is -2.40. The van der Waals surface area contributed by atoms with Crippen molar-refractivity contribution < 1.29 is 25.6 Å². The van der Waals surface area contributed by atoms with Crippen LogP contribution in [0, 0.1) is 25.5 Å². The highest BCUT2D eigenvalue weighted by Crippen LogP contribution is 2.25. The molecule has 1 aromatic heterocycles. The number of rotatable bonds is 4. The fourth-order valence-corrected chi connectivity index (χ4v) is 6.47. The Morgan fingerprint density at radius 3 is 2.07 bits per heavy atom. The normalized spacial score (nSPS) is 17.6. The monoisotopic (exact) mass is 434 g/mol. The van der Waals surface area contributed by atoms with E-state index in [4.69, 9.17) is 0 Å². The van der Waals surface area contributed by atoms with Crippen molar-refractivity contribution in [1.29, 1.82) is 0 Å². The van der Waals surface area contributed by atoms with E-state index in [1.807, 2.05) is 0 Å². The second-order valence-electron chi connectivity index (χ2n) is 6.50. The van der Waals surface area contributed by atoms with Gasteiger partial charge in [0.15, 0.2) is 11.6 Å². The molecule has 2 aromatic rings. The SMILES string of the molecule is Cc1n[nH]c(C)c1S(=O)(=O)N1CCCN(S(=O)(=O)c2ccc(F)c(F)c2)CC1. The first-order valence-electron chi connectivity index (χ1n) is 8.52. The van der Waals surface area contributed by atoms with E-state index in [2.05, 4.69) is 10.2 Å². The van der Waals surface area contributed by atoms with Gasteiger partial charge in [-0.15, -0.1) is 0 Å². The van der Waals surface area contributed by atoms with Crippen LogP contribution in [0.15, 0.2) is 28.0 Å². The number of benzene rings is 1. The Kier molecular flexibility index (Phi) is 5.58. The first-order chi connectivity index (χ1) is 13.0. The summed E-state index contributed by atoms with van der Waals surface area (Å²) >= 11 is 0. The topological polar surface area (TPSA) is 103 Å². The van der Waals surface area contributed by atoms with E-state index in [9.17, 15) is 25.6 Å². The summed E-state index contributed by atoms with van der Waals surface area (Å²) in [6, 6.07) is 2.37. The molecule has 1 N–H and O–H groups in total. The minimum atomic E-state index is -4.08. The number of aromatic amines is 1. The highest BCUT2D eigenvalue weighted by molar-refractivity contribution is 7.89. The number of nitrogens with zero attached hydrogens (tertiary/aromatic N) is 3. The Morgan fingerprint density at radius 2 is 1.54 bits per heavy atom. The molecule has 0 unspecified atom stereocenters. The second kappa shape index (κ2) is 7.50. The van der Waals surface area contributed by atoms with Gasteiger partial charge in [0.1, 0.15) is 4.90 Å². The molecule has 2 heterocycles. The van der Waals surface area contributed by atoms with Gasteiger partial charge in [-0.2, -0.15) is 13.7 Å². The minimum absolute atomic E-state index is 0.0602. The molecule has 0 saturated carbocycles. The maximum Gasteiger partial charge on any atom is 0.246 e. The fourth-order valence-electron chi connectivity index (χ4n) is 3.19. The number of aryl methyl sites for hydroxylation is 2. The van der Waals surface area contributed by atoms with Crippen LogP contribution in [0.1, 0.15) is 17.8 Å². The predicted molar refractivity (Wildman–Crippen MR) is 96.6 cm³/mol. The van der Waals surface area contributed by atoms with Crippen LogP contribution in [-0.4, -0.2) is 61.8 Å². The molecule has 0 spiro atoms. The molecule has 1 saturated heterocycles. The first kappa shape index (κ1) is 20.8. The van der Waals surface area contributed by atoms with Gasteiger partial charge in [0.2, 0.25) is 20.0 Å². The summed E-state index contributed by atoms with van der Waals surface area (Å²) < 4.78 is 80.3. The van der Waals surface area contributed by atoms with E-state index in [0.29, 0.717) is 17.5 Å². The fraction of sp³-hybridized carbons (Fsp3) is 0.438. The Hall–Kier alpha value is -1.89. The zero-order chi connectivity index (χ0) is 20.7. The molecule has 0 radical (unpaired) electrons. The van der Waals surface area contributed by atoms with E-state index < -0.39 is 31.7 Å². The number of aromatic nitrogens is 2. The molecule has 0 bridgehead atoms. The summed E-state index contributed by atoms with van der Waals surface area (Å²) in [6.45, 7) is 3.22. The molecular formula is C16H20F2N4O4S2. The smallest absolute Gasteiger partial charge is 0.246 e. The van der Waals surface area contributed by atoms with Crippen molar-refractivity contribution in [3.63, 3.8) is 0 Å². The highest BCUT2D eigenvalue weighted by atomic mass is 32.2. The third-order valence-electron chi connectivity index (χ3n) is 4.60. The molecule has 1 aromatic carbocycles. The van der Waals surface area contributed by atoms with Gasteiger partial charge in [0, 0.05) is 26.2 Å². The average Bonchev–Trinajstić information content (AvgIpc) is 2.84. The molecule has 12 heteroatoms. The van der Waals surface area contributed by atoms with Crippen LogP contribution in [-0.2, 0) is 20.0 Å². The number of hydrogen-bond donors (Lipinski definition) is 1. The molecule has 3 rings (SSSR count). The van der Waals surface area contributed by atoms with Gasteiger partial charge < -0.3 is 0 Å². The van der Waals surface area contributed by atoms with E-state index >= 15 is 0 Å². The van der Waals surface area contributed by atoms with Crippen molar-refractivity contribution in [2.24, 2.45) is 0 Å². The molecule has 1 fully saturated rings. The molecule has 0 amide bonds. The predicted octanol–water partition coefficient (Wildman–Crippen LogP) is 1.39. The third-order valence-corrected chi connectivity index (χ3v) is 8.66. The quantitative estimate of drug-likeness (QED) is 0.783. The zero-order valence-corrected chi connectivity index (χ0v) is 16.9. The number of halogens is 2. The second-order valence-corrected chi connectivity index (χ2v) is 10.3. The third kappa shape index (κ3) is 3.69. The van der Waals surface area contributed by atoms with Crippen LogP contribution < -0.4 is 0 Å². The lowest BCUT2D eigenvalue weighted by Gasteiger charge is -2.22.